The number of anilines is 1. The van der Waals surface area contributed by atoms with Crippen LogP contribution in [0.2, 0.25) is 0 Å². The minimum Gasteiger partial charge on any atom is -0.364 e. The maximum atomic E-state index is 13.9. The molecule has 6 nitrogen and oxygen atoms in total. The Kier molecular flexibility index (Phi) is 4.84. The standard InChI is InChI=1S/C15H23FN4O2S/c1-13-12-19(23(21,22)18-7-3-2-4-8-18)9-10-20(13)15-5-6-17-11-14(15)16/h5-6,11,13H,2-4,7-10,12H2,1H3. The predicted octanol–water partition coefficient (Wildman–Crippen LogP) is 1.46. The van der Waals surface area contributed by atoms with Crippen molar-refractivity contribution >= 4 is 15.9 Å². The second kappa shape index (κ2) is 6.70. The molecule has 128 valence electrons. The van der Waals surface area contributed by atoms with Crippen molar-refractivity contribution in [2.24, 2.45) is 0 Å². The topological polar surface area (TPSA) is 56.8 Å². The van der Waals surface area contributed by atoms with Gasteiger partial charge in [0.25, 0.3) is 10.2 Å². The number of hydrogen-bond donors (Lipinski definition) is 0. The molecule has 0 N–H and O–H groups in total. The molecule has 3 heterocycles. The third kappa shape index (κ3) is 3.34. The molecule has 2 aliphatic heterocycles. The molecule has 0 aromatic carbocycles. The summed E-state index contributed by atoms with van der Waals surface area (Å²) in [6, 6.07) is 1.56. The lowest BCUT2D eigenvalue weighted by Crippen LogP contribution is -2.57. The van der Waals surface area contributed by atoms with Gasteiger partial charge in [-0.25, -0.2) is 4.39 Å². The molecule has 1 aromatic rings. The minimum absolute atomic E-state index is 0.0831. The van der Waals surface area contributed by atoms with Crippen LogP contribution in [0.25, 0.3) is 0 Å². The molecule has 1 unspecified atom stereocenters. The zero-order valence-electron chi connectivity index (χ0n) is 13.4. The van der Waals surface area contributed by atoms with Crippen LogP contribution in [0.5, 0.6) is 0 Å². The van der Waals surface area contributed by atoms with Crippen LogP contribution in [-0.4, -0.2) is 60.8 Å². The SMILES string of the molecule is CC1CN(S(=O)(=O)N2CCCCC2)CCN1c1ccncc1F. The average Bonchev–Trinajstić information content (AvgIpc) is 2.56. The first-order valence-corrected chi connectivity index (χ1v) is 9.51. The molecule has 23 heavy (non-hydrogen) atoms. The normalized spacial score (nSPS) is 24.8. The summed E-state index contributed by atoms with van der Waals surface area (Å²) in [7, 11) is -3.40. The van der Waals surface area contributed by atoms with Crippen LogP contribution in [0.3, 0.4) is 0 Å². The van der Waals surface area contributed by atoms with E-state index in [1.165, 1.54) is 6.20 Å². The number of halogens is 1. The first kappa shape index (κ1) is 16.6. The predicted molar refractivity (Wildman–Crippen MR) is 86.9 cm³/mol. The summed E-state index contributed by atoms with van der Waals surface area (Å²) in [5.41, 5.74) is 0.488. The quantitative estimate of drug-likeness (QED) is 0.835. The molecule has 2 fully saturated rings. The van der Waals surface area contributed by atoms with Crippen LogP contribution in [0, 0.1) is 5.82 Å². The van der Waals surface area contributed by atoms with Gasteiger partial charge in [-0.3, -0.25) is 4.98 Å². The number of aromatic nitrogens is 1. The molecule has 0 saturated carbocycles. The zero-order chi connectivity index (χ0) is 16.4. The maximum Gasteiger partial charge on any atom is 0.282 e. The van der Waals surface area contributed by atoms with Crippen molar-refractivity contribution in [1.29, 1.82) is 0 Å². The number of piperazine rings is 1. The number of rotatable bonds is 3. The highest BCUT2D eigenvalue weighted by atomic mass is 32.2. The molecular weight excluding hydrogens is 319 g/mol. The molecule has 2 aliphatic rings. The van der Waals surface area contributed by atoms with Crippen molar-refractivity contribution < 1.29 is 12.8 Å². The summed E-state index contributed by atoms with van der Waals surface area (Å²) in [5, 5.41) is 0. The van der Waals surface area contributed by atoms with Gasteiger partial charge < -0.3 is 4.90 Å². The van der Waals surface area contributed by atoms with Gasteiger partial charge in [-0.05, 0) is 25.8 Å². The maximum absolute atomic E-state index is 13.9. The lowest BCUT2D eigenvalue weighted by molar-refractivity contribution is 0.280. The molecule has 0 bridgehead atoms. The first-order valence-electron chi connectivity index (χ1n) is 8.11. The van der Waals surface area contributed by atoms with E-state index < -0.39 is 10.2 Å². The molecule has 3 rings (SSSR count). The number of nitrogens with zero attached hydrogens (tertiary/aromatic N) is 4. The van der Waals surface area contributed by atoms with Crippen molar-refractivity contribution in [3.8, 4) is 0 Å². The fourth-order valence-electron chi connectivity index (χ4n) is 3.35. The molecule has 0 amide bonds. The Balaban J connectivity index is 1.72. The van der Waals surface area contributed by atoms with Crippen LogP contribution in [0.4, 0.5) is 10.1 Å². The van der Waals surface area contributed by atoms with Gasteiger partial charge in [0.05, 0.1) is 11.9 Å². The lowest BCUT2D eigenvalue weighted by atomic mass is 10.2. The molecule has 1 aromatic heterocycles. The van der Waals surface area contributed by atoms with E-state index in [1.807, 2.05) is 11.8 Å². The Morgan fingerprint density at radius 2 is 1.87 bits per heavy atom. The highest BCUT2D eigenvalue weighted by molar-refractivity contribution is 7.86. The van der Waals surface area contributed by atoms with E-state index in [0.717, 1.165) is 19.3 Å². The summed E-state index contributed by atoms with van der Waals surface area (Å²) in [4.78, 5) is 5.68. The monoisotopic (exact) mass is 342 g/mol. The summed E-state index contributed by atoms with van der Waals surface area (Å²) in [6.07, 6.45) is 5.70. The fourth-order valence-corrected chi connectivity index (χ4v) is 5.11. The summed E-state index contributed by atoms with van der Waals surface area (Å²) in [5.74, 6) is -0.369. The van der Waals surface area contributed by atoms with Gasteiger partial charge in [0.15, 0.2) is 5.82 Å². The molecule has 0 spiro atoms. The molecule has 8 heteroatoms. The second-order valence-electron chi connectivity index (χ2n) is 6.20. The van der Waals surface area contributed by atoms with E-state index in [-0.39, 0.29) is 11.9 Å². The summed E-state index contributed by atoms with van der Waals surface area (Å²) >= 11 is 0. The smallest absolute Gasteiger partial charge is 0.282 e. The highest BCUT2D eigenvalue weighted by Crippen LogP contribution is 2.25. The van der Waals surface area contributed by atoms with Gasteiger partial charge in [0.1, 0.15) is 0 Å². The number of piperidine rings is 1. The third-order valence-corrected chi connectivity index (χ3v) is 6.62. The minimum atomic E-state index is -3.40. The van der Waals surface area contributed by atoms with Crippen molar-refractivity contribution in [2.75, 3.05) is 37.6 Å². The van der Waals surface area contributed by atoms with Crippen LogP contribution in [-0.2, 0) is 10.2 Å². The molecule has 1 atom stereocenters. The van der Waals surface area contributed by atoms with E-state index in [4.69, 9.17) is 0 Å². The van der Waals surface area contributed by atoms with Crippen molar-refractivity contribution in [2.45, 2.75) is 32.2 Å². The molecule has 2 saturated heterocycles. The summed E-state index contributed by atoms with van der Waals surface area (Å²) in [6.45, 7) is 4.38. The third-order valence-electron chi connectivity index (χ3n) is 4.62. The van der Waals surface area contributed by atoms with Gasteiger partial charge in [-0.15, -0.1) is 0 Å². The van der Waals surface area contributed by atoms with E-state index >= 15 is 0 Å². The van der Waals surface area contributed by atoms with E-state index in [1.54, 1.807) is 20.9 Å². The average molecular weight is 342 g/mol. The van der Waals surface area contributed by atoms with Crippen LogP contribution in [0.1, 0.15) is 26.2 Å². The van der Waals surface area contributed by atoms with Gasteiger partial charge in [0, 0.05) is 45.0 Å². The fraction of sp³-hybridized carbons (Fsp3) is 0.667. The van der Waals surface area contributed by atoms with E-state index in [9.17, 15) is 12.8 Å². The van der Waals surface area contributed by atoms with Gasteiger partial charge in [-0.1, -0.05) is 6.42 Å². The van der Waals surface area contributed by atoms with Gasteiger partial charge >= 0.3 is 0 Å². The molecular formula is C15H23FN4O2S. The highest BCUT2D eigenvalue weighted by Gasteiger charge is 2.36. The van der Waals surface area contributed by atoms with Gasteiger partial charge in [-0.2, -0.15) is 17.0 Å². The first-order chi connectivity index (χ1) is 11.0. The molecule has 0 radical (unpaired) electrons. The largest absolute Gasteiger partial charge is 0.364 e. The second-order valence-corrected chi connectivity index (χ2v) is 8.12. The van der Waals surface area contributed by atoms with Crippen LogP contribution >= 0.6 is 0 Å². The Bertz CT molecular complexity index is 649. The Hall–Kier alpha value is -1.25. The number of pyridine rings is 1. The van der Waals surface area contributed by atoms with Crippen molar-refractivity contribution in [3.63, 3.8) is 0 Å². The Morgan fingerprint density at radius 3 is 2.52 bits per heavy atom. The lowest BCUT2D eigenvalue weighted by Gasteiger charge is -2.42. The van der Waals surface area contributed by atoms with Crippen molar-refractivity contribution in [3.05, 3.63) is 24.3 Å². The van der Waals surface area contributed by atoms with Crippen molar-refractivity contribution in [1.82, 2.24) is 13.6 Å². The summed E-state index contributed by atoms with van der Waals surface area (Å²) < 4.78 is 42.5. The Morgan fingerprint density at radius 1 is 1.13 bits per heavy atom. The van der Waals surface area contributed by atoms with Gasteiger partial charge in [0.2, 0.25) is 0 Å². The molecule has 0 aliphatic carbocycles. The van der Waals surface area contributed by atoms with E-state index in [0.29, 0.717) is 38.4 Å². The van der Waals surface area contributed by atoms with Crippen LogP contribution < -0.4 is 4.90 Å². The van der Waals surface area contributed by atoms with Crippen LogP contribution in [0.15, 0.2) is 18.5 Å². The number of hydrogen-bond acceptors (Lipinski definition) is 4. The zero-order valence-corrected chi connectivity index (χ0v) is 14.2. The Labute approximate surface area is 137 Å². The van der Waals surface area contributed by atoms with E-state index in [2.05, 4.69) is 4.98 Å².